The second-order valence-corrected chi connectivity index (χ2v) is 7.15. The molecule has 0 spiro atoms. The van der Waals surface area contributed by atoms with E-state index in [4.69, 9.17) is 4.74 Å². The van der Waals surface area contributed by atoms with Crippen LogP contribution in [0, 0.1) is 0 Å². The zero-order valence-corrected chi connectivity index (χ0v) is 15.3. The quantitative estimate of drug-likeness (QED) is 0.303. The molecule has 0 fully saturated rings. The van der Waals surface area contributed by atoms with Crippen molar-refractivity contribution in [1.29, 1.82) is 0 Å². The number of hydrogen-bond donors (Lipinski definition) is 1. The van der Waals surface area contributed by atoms with E-state index in [1.165, 1.54) is 38.5 Å². The first kappa shape index (κ1) is 21.4. The lowest BCUT2D eigenvalue weighted by Crippen LogP contribution is -2.45. The molecular weight excluding hydrogens is 278 g/mol. The van der Waals surface area contributed by atoms with Crippen molar-refractivity contribution in [3.63, 3.8) is 0 Å². The summed E-state index contributed by atoms with van der Waals surface area (Å²) in [5, 5.41) is 9.32. The minimum atomic E-state index is -0.314. The molecule has 0 bridgehead atoms. The van der Waals surface area contributed by atoms with Crippen molar-refractivity contribution in [2.24, 2.45) is 0 Å². The highest BCUT2D eigenvalue weighted by Crippen LogP contribution is 2.08. The third kappa shape index (κ3) is 14.3. The molecule has 0 aromatic heterocycles. The molecule has 0 saturated heterocycles. The summed E-state index contributed by atoms with van der Waals surface area (Å²) in [6.07, 6.45) is 10.4. The van der Waals surface area contributed by atoms with Crippen molar-refractivity contribution in [2.75, 3.05) is 33.8 Å². The molecule has 0 saturated carbocycles. The van der Waals surface area contributed by atoms with Gasteiger partial charge in [0, 0.05) is 6.42 Å². The molecule has 0 rings (SSSR count). The first-order valence-corrected chi connectivity index (χ1v) is 9.03. The van der Waals surface area contributed by atoms with Gasteiger partial charge in [-0.1, -0.05) is 51.9 Å². The van der Waals surface area contributed by atoms with E-state index in [9.17, 15) is 9.90 Å². The van der Waals surface area contributed by atoms with Crippen LogP contribution in [0.25, 0.3) is 0 Å². The van der Waals surface area contributed by atoms with Crippen LogP contribution in [0.1, 0.15) is 71.6 Å². The minimum absolute atomic E-state index is 0.126. The Kier molecular flexibility index (Phi) is 12.5. The number of carbonyl (C=O) groups is 1. The van der Waals surface area contributed by atoms with E-state index in [0.29, 0.717) is 24.1 Å². The summed E-state index contributed by atoms with van der Waals surface area (Å²) >= 11 is 0. The molecule has 0 aliphatic rings. The maximum atomic E-state index is 11.8. The SMILES string of the molecule is CCCCCCCCCCOC(=O)C[N+](C)(C)CCC(C)O. The van der Waals surface area contributed by atoms with Gasteiger partial charge in [0.2, 0.25) is 0 Å². The smallest absolute Gasteiger partial charge is 0.361 e. The van der Waals surface area contributed by atoms with Crippen LogP contribution in [-0.4, -0.2) is 55.5 Å². The monoisotopic (exact) mass is 316 g/mol. The average Bonchev–Trinajstić information content (AvgIpc) is 2.43. The molecule has 4 heteroatoms. The largest absolute Gasteiger partial charge is 0.462 e. The number of aliphatic hydroxyl groups is 1. The Labute approximate surface area is 137 Å². The fourth-order valence-corrected chi connectivity index (χ4v) is 2.43. The Morgan fingerprint density at radius 3 is 2.14 bits per heavy atom. The van der Waals surface area contributed by atoms with Crippen molar-refractivity contribution in [3.05, 3.63) is 0 Å². The zero-order valence-electron chi connectivity index (χ0n) is 15.3. The molecule has 1 N–H and O–H groups in total. The number of carbonyl (C=O) groups excluding carboxylic acids is 1. The summed E-state index contributed by atoms with van der Waals surface area (Å²) in [5.41, 5.74) is 0. The standard InChI is InChI=1S/C18H38NO3/c1-5-6-7-8-9-10-11-12-15-22-18(21)16-19(3,4)14-13-17(2)20/h17,20H,5-16H2,1-4H3/q+1. The third-order valence-electron chi connectivity index (χ3n) is 3.97. The number of aliphatic hydroxyl groups excluding tert-OH is 1. The second kappa shape index (κ2) is 12.9. The van der Waals surface area contributed by atoms with E-state index in [2.05, 4.69) is 6.92 Å². The number of ether oxygens (including phenoxy) is 1. The van der Waals surface area contributed by atoms with Gasteiger partial charge in [-0.15, -0.1) is 0 Å². The number of rotatable bonds is 14. The predicted octanol–water partition coefficient (Wildman–Crippen LogP) is 3.52. The molecule has 1 unspecified atom stereocenters. The fraction of sp³-hybridized carbons (Fsp3) is 0.944. The Hall–Kier alpha value is -0.610. The first-order valence-electron chi connectivity index (χ1n) is 9.03. The van der Waals surface area contributed by atoms with Crippen LogP contribution in [0.15, 0.2) is 0 Å². The highest BCUT2D eigenvalue weighted by atomic mass is 16.5. The van der Waals surface area contributed by atoms with E-state index < -0.39 is 0 Å². The molecule has 22 heavy (non-hydrogen) atoms. The number of likely N-dealkylation sites (N-methyl/N-ethyl adjacent to an activating group) is 1. The van der Waals surface area contributed by atoms with Crippen molar-refractivity contribution >= 4 is 5.97 Å². The molecule has 132 valence electrons. The van der Waals surface area contributed by atoms with Crippen LogP contribution < -0.4 is 0 Å². The third-order valence-corrected chi connectivity index (χ3v) is 3.97. The summed E-state index contributed by atoms with van der Waals surface area (Å²) in [7, 11) is 4.00. The fourth-order valence-electron chi connectivity index (χ4n) is 2.43. The lowest BCUT2D eigenvalue weighted by Gasteiger charge is -2.29. The number of quaternary nitrogens is 1. The lowest BCUT2D eigenvalue weighted by atomic mass is 10.1. The van der Waals surface area contributed by atoms with Crippen molar-refractivity contribution in [1.82, 2.24) is 0 Å². The predicted molar refractivity (Wildman–Crippen MR) is 91.7 cm³/mol. The molecule has 4 nitrogen and oxygen atoms in total. The van der Waals surface area contributed by atoms with Gasteiger partial charge in [0.25, 0.3) is 0 Å². The summed E-state index contributed by atoms with van der Waals surface area (Å²) < 4.78 is 5.88. The summed E-state index contributed by atoms with van der Waals surface area (Å²) in [4.78, 5) is 11.8. The molecule has 0 aromatic rings. The normalized spacial score (nSPS) is 13.1. The maximum Gasteiger partial charge on any atom is 0.361 e. The van der Waals surface area contributed by atoms with E-state index in [-0.39, 0.29) is 12.1 Å². The van der Waals surface area contributed by atoms with Crippen LogP contribution in [0.3, 0.4) is 0 Å². The Bertz CT molecular complexity index is 278. The molecule has 1 atom stereocenters. The highest BCUT2D eigenvalue weighted by Gasteiger charge is 2.21. The molecular formula is C18H38NO3+. The van der Waals surface area contributed by atoms with Gasteiger partial charge < -0.3 is 14.3 Å². The van der Waals surface area contributed by atoms with E-state index in [1.54, 1.807) is 6.92 Å². The van der Waals surface area contributed by atoms with E-state index in [0.717, 1.165) is 19.4 Å². The molecule has 0 aliphatic heterocycles. The molecule has 0 amide bonds. The van der Waals surface area contributed by atoms with Crippen molar-refractivity contribution in [2.45, 2.75) is 77.7 Å². The van der Waals surface area contributed by atoms with Gasteiger partial charge >= 0.3 is 5.97 Å². The molecule has 0 aromatic carbocycles. The van der Waals surface area contributed by atoms with Gasteiger partial charge in [0.1, 0.15) is 0 Å². The number of hydrogen-bond acceptors (Lipinski definition) is 3. The topological polar surface area (TPSA) is 46.5 Å². The Morgan fingerprint density at radius 1 is 1.05 bits per heavy atom. The van der Waals surface area contributed by atoms with Crippen LogP contribution in [-0.2, 0) is 9.53 Å². The number of unbranched alkanes of at least 4 members (excludes halogenated alkanes) is 7. The molecule has 0 heterocycles. The minimum Gasteiger partial charge on any atom is -0.462 e. The molecule has 0 aliphatic carbocycles. The number of nitrogens with zero attached hydrogens (tertiary/aromatic N) is 1. The molecule has 0 radical (unpaired) electrons. The second-order valence-electron chi connectivity index (χ2n) is 7.15. The van der Waals surface area contributed by atoms with Crippen LogP contribution in [0.5, 0.6) is 0 Å². The van der Waals surface area contributed by atoms with Crippen LogP contribution in [0.4, 0.5) is 0 Å². The summed E-state index contributed by atoms with van der Waals surface area (Å²) in [6.45, 7) is 5.72. The number of esters is 1. The van der Waals surface area contributed by atoms with Crippen LogP contribution >= 0.6 is 0 Å². The van der Waals surface area contributed by atoms with E-state index in [1.807, 2.05) is 14.1 Å². The van der Waals surface area contributed by atoms with Gasteiger partial charge in [0.05, 0.1) is 33.4 Å². The zero-order chi connectivity index (χ0) is 16.8. The van der Waals surface area contributed by atoms with Gasteiger partial charge in [-0.25, -0.2) is 4.79 Å². The maximum absolute atomic E-state index is 11.8. The van der Waals surface area contributed by atoms with Gasteiger partial charge in [-0.05, 0) is 13.3 Å². The van der Waals surface area contributed by atoms with Crippen molar-refractivity contribution < 1.29 is 19.1 Å². The highest BCUT2D eigenvalue weighted by molar-refractivity contribution is 5.70. The summed E-state index contributed by atoms with van der Waals surface area (Å²) in [6, 6.07) is 0. The van der Waals surface area contributed by atoms with Gasteiger partial charge in [-0.3, -0.25) is 0 Å². The Morgan fingerprint density at radius 2 is 1.59 bits per heavy atom. The van der Waals surface area contributed by atoms with Gasteiger partial charge in [-0.2, -0.15) is 0 Å². The first-order chi connectivity index (χ1) is 10.4. The van der Waals surface area contributed by atoms with Crippen molar-refractivity contribution in [3.8, 4) is 0 Å². The average molecular weight is 317 g/mol. The Balaban J connectivity index is 3.53. The lowest BCUT2D eigenvalue weighted by molar-refractivity contribution is -0.883. The van der Waals surface area contributed by atoms with E-state index >= 15 is 0 Å². The van der Waals surface area contributed by atoms with Gasteiger partial charge in [0.15, 0.2) is 6.54 Å². The summed E-state index contributed by atoms with van der Waals surface area (Å²) in [5.74, 6) is -0.126. The van der Waals surface area contributed by atoms with Crippen LogP contribution in [0.2, 0.25) is 0 Å².